The smallest absolute Gasteiger partial charge is 0.338 e. The third kappa shape index (κ3) is 4.97. The lowest BCUT2D eigenvalue weighted by Gasteiger charge is -2.06. The predicted octanol–water partition coefficient (Wildman–Crippen LogP) is 3.85. The van der Waals surface area contributed by atoms with Crippen LogP contribution in [0.4, 0.5) is 0 Å². The summed E-state index contributed by atoms with van der Waals surface area (Å²) in [4.78, 5) is 11.5. The van der Waals surface area contributed by atoms with Crippen LogP contribution in [0.15, 0.2) is 0 Å². The zero-order valence-corrected chi connectivity index (χ0v) is 12.2. The summed E-state index contributed by atoms with van der Waals surface area (Å²) >= 11 is 0. The number of hydrogen-bond acceptors (Lipinski definition) is 3. The molecule has 0 unspecified atom stereocenters. The van der Waals surface area contributed by atoms with Crippen molar-refractivity contribution >= 4 is 5.97 Å². The molecule has 1 rings (SSSR count). The molecule has 0 saturated carbocycles. The molecule has 0 aromatic carbocycles. The van der Waals surface area contributed by atoms with Gasteiger partial charge in [0.1, 0.15) is 5.60 Å². The molecule has 0 bridgehead atoms. The number of esters is 1. The highest BCUT2D eigenvalue weighted by Gasteiger charge is 2.57. The quantitative estimate of drug-likeness (QED) is 0.338. The van der Waals surface area contributed by atoms with E-state index >= 15 is 0 Å². The van der Waals surface area contributed by atoms with Gasteiger partial charge < -0.3 is 9.47 Å². The number of unbranched alkanes of at least 4 members (excludes halogenated alkanes) is 6. The van der Waals surface area contributed by atoms with Crippen LogP contribution in [0.2, 0.25) is 0 Å². The number of hydrogen-bond donors (Lipinski definition) is 0. The Balaban J connectivity index is 2.01. The van der Waals surface area contributed by atoms with E-state index in [4.69, 9.17) is 9.47 Å². The first kappa shape index (κ1) is 15.5. The molecule has 0 amide bonds. The molecule has 0 aliphatic carbocycles. The molecule has 1 heterocycles. The topological polar surface area (TPSA) is 38.8 Å². The molecule has 1 aliphatic rings. The SMILES string of the molecule is CCCCCCCCC[C@]1(C)O[C@H]1C(=O)OCC. The average molecular weight is 256 g/mol. The summed E-state index contributed by atoms with van der Waals surface area (Å²) in [6, 6.07) is 0. The summed E-state index contributed by atoms with van der Waals surface area (Å²) in [5, 5.41) is 0. The molecule has 3 heteroatoms. The van der Waals surface area contributed by atoms with Gasteiger partial charge >= 0.3 is 5.97 Å². The number of ether oxygens (including phenoxy) is 2. The fourth-order valence-electron chi connectivity index (χ4n) is 2.37. The molecule has 106 valence electrons. The van der Waals surface area contributed by atoms with E-state index in [0.717, 1.165) is 12.8 Å². The maximum atomic E-state index is 11.5. The van der Waals surface area contributed by atoms with E-state index in [-0.39, 0.29) is 17.7 Å². The molecule has 1 fully saturated rings. The van der Waals surface area contributed by atoms with Gasteiger partial charge in [0.15, 0.2) is 6.10 Å². The Bertz CT molecular complexity index is 252. The van der Waals surface area contributed by atoms with E-state index in [1.807, 2.05) is 13.8 Å². The Kier molecular flexibility index (Phi) is 6.69. The van der Waals surface area contributed by atoms with E-state index in [2.05, 4.69) is 6.92 Å². The van der Waals surface area contributed by atoms with Crippen molar-refractivity contribution in [3.63, 3.8) is 0 Å². The molecule has 1 saturated heterocycles. The lowest BCUT2D eigenvalue weighted by atomic mass is 9.98. The fraction of sp³-hybridized carbons (Fsp3) is 0.933. The minimum absolute atomic E-state index is 0.192. The minimum atomic E-state index is -0.308. The van der Waals surface area contributed by atoms with Gasteiger partial charge in [-0.2, -0.15) is 0 Å². The van der Waals surface area contributed by atoms with Crippen LogP contribution in [0, 0.1) is 0 Å². The van der Waals surface area contributed by atoms with Crippen LogP contribution < -0.4 is 0 Å². The fourth-order valence-corrected chi connectivity index (χ4v) is 2.37. The molecule has 0 aromatic heterocycles. The van der Waals surface area contributed by atoms with E-state index < -0.39 is 0 Å². The highest BCUT2D eigenvalue weighted by Crippen LogP contribution is 2.41. The van der Waals surface area contributed by atoms with E-state index in [9.17, 15) is 4.79 Å². The molecule has 18 heavy (non-hydrogen) atoms. The van der Waals surface area contributed by atoms with Crippen LogP contribution in [0.1, 0.15) is 72.1 Å². The summed E-state index contributed by atoms with van der Waals surface area (Å²) < 4.78 is 10.5. The number of rotatable bonds is 10. The van der Waals surface area contributed by atoms with Crippen LogP contribution in [0.5, 0.6) is 0 Å². The normalized spacial score (nSPS) is 26.1. The number of epoxide rings is 1. The van der Waals surface area contributed by atoms with E-state index in [0.29, 0.717) is 6.61 Å². The number of carbonyl (C=O) groups excluding carboxylic acids is 1. The van der Waals surface area contributed by atoms with E-state index in [1.165, 1.54) is 38.5 Å². The van der Waals surface area contributed by atoms with Crippen molar-refractivity contribution in [1.29, 1.82) is 0 Å². The minimum Gasteiger partial charge on any atom is -0.464 e. The van der Waals surface area contributed by atoms with Crippen LogP contribution in [0.25, 0.3) is 0 Å². The highest BCUT2D eigenvalue weighted by atomic mass is 16.7. The second-order valence-corrected chi connectivity index (χ2v) is 5.43. The lowest BCUT2D eigenvalue weighted by Crippen LogP contribution is -2.20. The largest absolute Gasteiger partial charge is 0.464 e. The molecule has 0 aromatic rings. The van der Waals surface area contributed by atoms with Crippen LogP contribution >= 0.6 is 0 Å². The molecular weight excluding hydrogens is 228 g/mol. The van der Waals surface area contributed by atoms with Gasteiger partial charge in [0, 0.05) is 0 Å². The predicted molar refractivity (Wildman–Crippen MR) is 72.5 cm³/mol. The van der Waals surface area contributed by atoms with Crippen molar-refractivity contribution in [1.82, 2.24) is 0 Å². The first-order valence-electron chi connectivity index (χ1n) is 7.48. The van der Waals surface area contributed by atoms with Gasteiger partial charge in [-0.1, -0.05) is 51.9 Å². The van der Waals surface area contributed by atoms with Gasteiger partial charge in [-0.15, -0.1) is 0 Å². The van der Waals surface area contributed by atoms with Crippen LogP contribution in [0.3, 0.4) is 0 Å². The molecule has 0 spiro atoms. The van der Waals surface area contributed by atoms with Crippen molar-refractivity contribution < 1.29 is 14.3 Å². The Morgan fingerprint density at radius 2 is 1.72 bits per heavy atom. The Hall–Kier alpha value is -0.570. The zero-order chi connectivity index (χ0) is 13.4. The third-order valence-electron chi connectivity index (χ3n) is 3.66. The Labute approximate surface area is 111 Å². The Morgan fingerprint density at radius 1 is 1.11 bits per heavy atom. The summed E-state index contributed by atoms with van der Waals surface area (Å²) in [7, 11) is 0. The highest BCUT2D eigenvalue weighted by molar-refractivity contribution is 5.79. The molecule has 0 N–H and O–H groups in total. The van der Waals surface area contributed by atoms with Crippen molar-refractivity contribution in [3.8, 4) is 0 Å². The summed E-state index contributed by atoms with van der Waals surface area (Å²) in [6.07, 6.45) is 9.72. The molecular formula is C15H28O3. The maximum Gasteiger partial charge on any atom is 0.338 e. The van der Waals surface area contributed by atoms with Crippen molar-refractivity contribution in [3.05, 3.63) is 0 Å². The average Bonchev–Trinajstić information content (AvgIpc) is 3.01. The van der Waals surface area contributed by atoms with Crippen molar-refractivity contribution in [2.24, 2.45) is 0 Å². The summed E-state index contributed by atoms with van der Waals surface area (Å²) in [6.45, 7) is 6.52. The standard InChI is InChI=1S/C15H28O3/c1-4-6-7-8-9-10-11-12-15(3)13(18-15)14(16)17-5-2/h13H,4-12H2,1-3H3/t13-,15-/m0/s1. The van der Waals surface area contributed by atoms with Crippen molar-refractivity contribution in [2.45, 2.75) is 83.8 Å². The van der Waals surface area contributed by atoms with Gasteiger partial charge in [-0.3, -0.25) is 0 Å². The third-order valence-corrected chi connectivity index (χ3v) is 3.66. The lowest BCUT2D eigenvalue weighted by molar-refractivity contribution is -0.144. The van der Waals surface area contributed by atoms with Gasteiger partial charge in [0.2, 0.25) is 0 Å². The Morgan fingerprint density at radius 3 is 2.33 bits per heavy atom. The first-order valence-corrected chi connectivity index (χ1v) is 7.48. The maximum absolute atomic E-state index is 11.5. The monoisotopic (exact) mass is 256 g/mol. The van der Waals surface area contributed by atoms with Gasteiger partial charge in [0.25, 0.3) is 0 Å². The van der Waals surface area contributed by atoms with Gasteiger partial charge in [0.05, 0.1) is 6.61 Å². The molecule has 2 atom stereocenters. The summed E-state index contributed by atoms with van der Waals surface area (Å²) in [5.41, 5.74) is -0.240. The van der Waals surface area contributed by atoms with E-state index in [1.54, 1.807) is 0 Å². The molecule has 1 aliphatic heterocycles. The van der Waals surface area contributed by atoms with Crippen LogP contribution in [-0.2, 0) is 14.3 Å². The van der Waals surface area contributed by atoms with Gasteiger partial charge in [-0.05, 0) is 20.3 Å². The van der Waals surface area contributed by atoms with Crippen molar-refractivity contribution in [2.75, 3.05) is 6.61 Å². The second kappa shape index (κ2) is 7.78. The molecule has 3 nitrogen and oxygen atoms in total. The summed E-state index contributed by atoms with van der Waals surface area (Å²) in [5.74, 6) is -0.192. The first-order chi connectivity index (χ1) is 8.64. The van der Waals surface area contributed by atoms with Gasteiger partial charge in [-0.25, -0.2) is 4.79 Å². The molecule has 0 radical (unpaired) electrons. The zero-order valence-electron chi connectivity index (χ0n) is 12.2. The number of carbonyl (C=O) groups is 1. The second-order valence-electron chi connectivity index (χ2n) is 5.43. The van der Waals surface area contributed by atoms with Crippen LogP contribution in [-0.4, -0.2) is 24.3 Å².